The number of nitrogens with one attached hydrogen (secondary N) is 1. The van der Waals surface area contributed by atoms with Crippen LogP contribution in [-0.4, -0.2) is 58.9 Å². The smallest absolute Gasteiger partial charge is 0.293 e. The number of nitro groups is 1. The molecule has 122 valence electrons. The highest BCUT2D eigenvalue weighted by Crippen LogP contribution is 2.30. The quantitative estimate of drug-likeness (QED) is 0.581. The summed E-state index contributed by atoms with van der Waals surface area (Å²) in [5.41, 5.74) is -0.222. The Hall–Kier alpha value is -2.20. The van der Waals surface area contributed by atoms with E-state index in [2.05, 4.69) is 4.72 Å². The molecule has 22 heavy (non-hydrogen) atoms. The Morgan fingerprint density at radius 3 is 2.36 bits per heavy atom. The van der Waals surface area contributed by atoms with Crippen LogP contribution in [0.1, 0.15) is 0 Å². The van der Waals surface area contributed by atoms with E-state index in [1.165, 1.54) is 36.0 Å². The van der Waals surface area contributed by atoms with E-state index in [4.69, 9.17) is 0 Å². The molecule has 1 aromatic rings. The van der Waals surface area contributed by atoms with E-state index >= 15 is 0 Å². The first kappa shape index (κ1) is 17.9. The summed E-state index contributed by atoms with van der Waals surface area (Å²) in [6.45, 7) is -0.0635. The Balaban J connectivity index is 3.27. The number of likely N-dealkylation sites (N-methyl/N-ethyl adjacent to an activating group) is 2. The third-order valence-corrected chi connectivity index (χ3v) is 4.42. The number of anilines is 1. The van der Waals surface area contributed by atoms with Gasteiger partial charge in [0.25, 0.3) is 5.69 Å². The van der Waals surface area contributed by atoms with Crippen LogP contribution in [-0.2, 0) is 14.8 Å². The van der Waals surface area contributed by atoms with Crippen LogP contribution in [0.5, 0.6) is 0 Å². The minimum Gasteiger partial charge on any atom is -0.360 e. The van der Waals surface area contributed by atoms with Gasteiger partial charge in [0.1, 0.15) is 5.69 Å². The molecule has 1 rings (SSSR count). The molecule has 0 bridgehead atoms. The Labute approximate surface area is 128 Å². The predicted octanol–water partition coefficient (Wildman–Crippen LogP) is 0.0273. The molecule has 0 aliphatic heterocycles. The third kappa shape index (κ3) is 3.92. The second-order valence-corrected chi connectivity index (χ2v) is 6.65. The van der Waals surface area contributed by atoms with Gasteiger partial charge in [0.15, 0.2) is 0 Å². The number of hydrogen-bond acceptors (Lipinski definition) is 6. The summed E-state index contributed by atoms with van der Waals surface area (Å²) >= 11 is 0. The molecule has 0 saturated heterocycles. The van der Waals surface area contributed by atoms with E-state index in [0.717, 1.165) is 6.07 Å². The number of benzene rings is 1. The van der Waals surface area contributed by atoms with Crippen molar-refractivity contribution < 1.29 is 18.1 Å². The van der Waals surface area contributed by atoms with Crippen molar-refractivity contribution in [1.82, 2.24) is 9.62 Å². The van der Waals surface area contributed by atoms with Gasteiger partial charge in [-0.2, -0.15) is 0 Å². The molecule has 1 amide bonds. The molecule has 0 unspecified atom stereocenters. The van der Waals surface area contributed by atoms with E-state index in [1.54, 1.807) is 14.1 Å². The predicted molar refractivity (Wildman–Crippen MR) is 81.3 cm³/mol. The third-order valence-electron chi connectivity index (χ3n) is 3.01. The summed E-state index contributed by atoms with van der Waals surface area (Å²) in [7, 11) is 2.11. The Kier molecular flexibility index (Phi) is 5.44. The van der Waals surface area contributed by atoms with Crippen molar-refractivity contribution >= 4 is 27.3 Å². The van der Waals surface area contributed by atoms with Crippen LogP contribution in [0.2, 0.25) is 0 Å². The first-order valence-electron chi connectivity index (χ1n) is 6.23. The Morgan fingerprint density at radius 2 is 1.91 bits per heavy atom. The summed E-state index contributed by atoms with van der Waals surface area (Å²) in [6.07, 6.45) is 0. The number of carbonyl (C=O) groups is 1. The molecule has 9 nitrogen and oxygen atoms in total. The highest BCUT2D eigenvalue weighted by Gasteiger charge is 2.23. The maximum atomic E-state index is 11.7. The zero-order valence-corrected chi connectivity index (χ0v) is 13.5. The van der Waals surface area contributed by atoms with E-state index in [-0.39, 0.29) is 28.7 Å². The summed E-state index contributed by atoms with van der Waals surface area (Å²) in [4.78, 5) is 24.7. The average Bonchev–Trinajstić information content (AvgIpc) is 2.46. The SMILES string of the molecule is CNS(=O)(=O)c1ccc(N(C)CC(=O)N(C)C)c([N+](=O)[O-])c1. The second-order valence-electron chi connectivity index (χ2n) is 4.76. The lowest BCUT2D eigenvalue weighted by Gasteiger charge is -2.21. The maximum Gasteiger partial charge on any atom is 0.293 e. The van der Waals surface area contributed by atoms with Crippen LogP contribution < -0.4 is 9.62 Å². The molecule has 0 aromatic heterocycles. The minimum absolute atomic E-state index is 0.0635. The highest BCUT2D eigenvalue weighted by atomic mass is 32.2. The number of sulfonamides is 1. The van der Waals surface area contributed by atoms with Crippen LogP contribution in [0.3, 0.4) is 0 Å². The Bertz CT molecular complexity index is 687. The van der Waals surface area contributed by atoms with Gasteiger partial charge in [-0.3, -0.25) is 14.9 Å². The molecule has 0 spiro atoms. The zero-order valence-electron chi connectivity index (χ0n) is 12.7. The van der Waals surface area contributed by atoms with Crippen LogP contribution in [0.4, 0.5) is 11.4 Å². The molecule has 0 fully saturated rings. The van der Waals surface area contributed by atoms with Gasteiger partial charge >= 0.3 is 0 Å². The van der Waals surface area contributed by atoms with E-state index in [1.807, 2.05) is 0 Å². The first-order chi connectivity index (χ1) is 10.1. The molecule has 1 aromatic carbocycles. The van der Waals surface area contributed by atoms with Crippen molar-refractivity contribution in [3.8, 4) is 0 Å². The van der Waals surface area contributed by atoms with Gasteiger partial charge in [-0.1, -0.05) is 0 Å². The van der Waals surface area contributed by atoms with Crippen LogP contribution in [0, 0.1) is 10.1 Å². The molecule has 0 saturated carbocycles. The minimum atomic E-state index is -3.78. The number of carbonyl (C=O) groups excluding carboxylic acids is 1. The van der Waals surface area contributed by atoms with Gasteiger partial charge in [0.2, 0.25) is 15.9 Å². The molecular formula is C12H18N4O5S. The molecular weight excluding hydrogens is 312 g/mol. The summed E-state index contributed by atoms with van der Waals surface area (Å²) in [5, 5.41) is 11.2. The molecule has 0 aliphatic rings. The fraction of sp³-hybridized carbons (Fsp3) is 0.417. The Morgan fingerprint density at radius 1 is 1.32 bits per heavy atom. The number of rotatable bonds is 6. The summed E-state index contributed by atoms with van der Waals surface area (Å²) in [6, 6.07) is 3.54. The zero-order chi connectivity index (χ0) is 17.1. The van der Waals surface area contributed by atoms with Crippen LogP contribution >= 0.6 is 0 Å². The van der Waals surface area contributed by atoms with Gasteiger partial charge in [-0.25, -0.2) is 13.1 Å². The van der Waals surface area contributed by atoms with Crippen LogP contribution in [0.15, 0.2) is 23.1 Å². The molecule has 0 atom stereocenters. The lowest BCUT2D eigenvalue weighted by molar-refractivity contribution is -0.384. The molecule has 10 heteroatoms. The normalized spacial score (nSPS) is 11.1. The first-order valence-corrected chi connectivity index (χ1v) is 7.71. The van der Waals surface area contributed by atoms with Crippen molar-refractivity contribution in [2.45, 2.75) is 4.90 Å². The van der Waals surface area contributed by atoms with Gasteiger partial charge < -0.3 is 9.80 Å². The van der Waals surface area contributed by atoms with Gasteiger partial charge in [-0.05, 0) is 19.2 Å². The van der Waals surface area contributed by atoms with Crippen LogP contribution in [0.25, 0.3) is 0 Å². The standard InChI is InChI=1S/C12H18N4O5S/c1-13-22(20,21)9-5-6-10(11(7-9)16(18)19)15(4)8-12(17)14(2)3/h5-7,13H,8H2,1-4H3. The topological polar surface area (TPSA) is 113 Å². The van der Waals surface area contributed by atoms with Crippen molar-refractivity contribution in [2.75, 3.05) is 39.6 Å². The van der Waals surface area contributed by atoms with E-state index in [0.29, 0.717) is 0 Å². The van der Waals surface area contributed by atoms with Crippen molar-refractivity contribution in [1.29, 1.82) is 0 Å². The lowest BCUT2D eigenvalue weighted by atomic mass is 10.2. The number of hydrogen-bond donors (Lipinski definition) is 1. The average molecular weight is 330 g/mol. The van der Waals surface area contributed by atoms with E-state index < -0.39 is 14.9 Å². The fourth-order valence-corrected chi connectivity index (χ4v) is 2.44. The van der Waals surface area contributed by atoms with Gasteiger partial charge in [0.05, 0.1) is 16.4 Å². The van der Waals surface area contributed by atoms with Crippen molar-refractivity contribution in [2.24, 2.45) is 0 Å². The van der Waals surface area contributed by atoms with Gasteiger partial charge in [0, 0.05) is 27.2 Å². The number of nitrogens with zero attached hydrogens (tertiary/aromatic N) is 3. The maximum absolute atomic E-state index is 11.7. The molecule has 0 aliphatic carbocycles. The molecule has 0 heterocycles. The summed E-state index contributed by atoms with van der Waals surface area (Å²) < 4.78 is 25.5. The monoisotopic (exact) mass is 330 g/mol. The molecule has 1 N–H and O–H groups in total. The number of nitro benzene ring substituents is 1. The lowest BCUT2D eigenvalue weighted by Crippen LogP contribution is -2.34. The van der Waals surface area contributed by atoms with E-state index in [9.17, 15) is 23.3 Å². The highest BCUT2D eigenvalue weighted by molar-refractivity contribution is 7.89. The second kappa shape index (κ2) is 6.71. The largest absolute Gasteiger partial charge is 0.360 e. The van der Waals surface area contributed by atoms with Crippen molar-refractivity contribution in [3.63, 3.8) is 0 Å². The molecule has 0 radical (unpaired) electrons. The fourth-order valence-electron chi connectivity index (χ4n) is 1.69. The van der Waals surface area contributed by atoms with Crippen molar-refractivity contribution in [3.05, 3.63) is 28.3 Å². The summed E-state index contributed by atoms with van der Waals surface area (Å²) in [5.74, 6) is -0.233. The van der Waals surface area contributed by atoms with Gasteiger partial charge in [-0.15, -0.1) is 0 Å². The number of amides is 1.